The summed E-state index contributed by atoms with van der Waals surface area (Å²) in [6, 6.07) is 5.35. The van der Waals surface area contributed by atoms with Gasteiger partial charge in [-0.15, -0.1) is 0 Å². The number of aliphatic hydroxyl groups excluding tert-OH is 1. The number of likely N-dealkylation sites (tertiary alicyclic amines) is 1. The fourth-order valence-corrected chi connectivity index (χ4v) is 2.04. The van der Waals surface area contributed by atoms with Crippen molar-refractivity contribution >= 4 is 17.5 Å². The van der Waals surface area contributed by atoms with Crippen LogP contribution in [0.1, 0.15) is 12.1 Å². The molecule has 5 heteroatoms. The second-order valence-electron chi connectivity index (χ2n) is 3.98. The van der Waals surface area contributed by atoms with E-state index in [1.165, 1.54) is 0 Å². The molecular weight excluding hydrogens is 228 g/mol. The summed E-state index contributed by atoms with van der Waals surface area (Å²) in [6.45, 7) is 1.13. The van der Waals surface area contributed by atoms with Gasteiger partial charge in [0.2, 0.25) is 5.91 Å². The maximum atomic E-state index is 11.6. The molecule has 2 heterocycles. The number of carbonyl (C=O) groups excluding carboxylic acids is 1. The number of halogens is 1. The van der Waals surface area contributed by atoms with Crippen molar-refractivity contribution in [1.82, 2.24) is 9.88 Å². The Morgan fingerprint density at radius 2 is 2.38 bits per heavy atom. The van der Waals surface area contributed by atoms with Gasteiger partial charge in [0.05, 0.1) is 12.2 Å². The van der Waals surface area contributed by atoms with E-state index in [1.54, 1.807) is 11.0 Å². The van der Waals surface area contributed by atoms with Crippen LogP contribution in [0.15, 0.2) is 18.2 Å². The Kier molecular flexibility index (Phi) is 3.41. The third kappa shape index (κ3) is 2.51. The minimum Gasteiger partial charge on any atom is -0.396 e. The van der Waals surface area contributed by atoms with E-state index in [1.807, 2.05) is 12.1 Å². The maximum absolute atomic E-state index is 11.6. The molecule has 1 N–H and O–H groups in total. The number of rotatable bonds is 3. The standard InChI is InChI=1S/C11H13ClN2O2/c12-10-3-1-2-9(13-10)6-14-5-8(7-15)4-11(14)16/h1-3,8,15H,4-7H2. The minimum atomic E-state index is 0.0607. The van der Waals surface area contributed by atoms with Crippen molar-refractivity contribution < 1.29 is 9.90 Å². The van der Waals surface area contributed by atoms with E-state index in [-0.39, 0.29) is 18.4 Å². The third-order valence-electron chi connectivity index (χ3n) is 2.68. The highest BCUT2D eigenvalue weighted by atomic mass is 35.5. The minimum absolute atomic E-state index is 0.0607. The molecule has 1 aliphatic heterocycles. The fraction of sp³-hybridized carbons (Fsp3) is 0.455. The highest BCUT2D eigenvalue weighted by molar-refractivity contribution is 6.29. The predicted molar refractivity (Wildman–Crippen MR) is 59.9 cm³/mol. The van der Waals surface area contributed by atoms with Gasteiger partial charge in [-0.25, -0.2) is 4.98 Å². The van der Waals surface area contributed by atoms with Gasteiger partial charge in [-0.1, -0.05) is 17.7 Å². The molecule has 1 aromatic heterocycles. The Morgan fingerprint density at radius 3 is 3.00 bits per heavy atom. The zero-order chi connectivity index (χ0) is 11.5. The van der Waals surface area contributed by atoms with Gasteiger partial charge in [0.25, 0.3) is 0 Å². The first-order chi connectivity index (χ1) is 7.69. The zero-order valence-electron chi connectivity index (χ0n) is 8.77. The van der Waals surface area contributed by atoms with Crippen molar-refractivity contribution in [2.75, 3.05) is 13.2 Å². The average molecular weight is 241 g/mol. The first-order valence-corrected chi connectivity index (χ1v) is 5.57. The SMILES string of the molecule is O=C1CC(CO)CN1Cc1cccc(Cl)n1. The van der Waals surface area contributed by atoms with Crippen molar-refractivity contribution in [2.24, 2.45) is 5.92 Å². The van der Waals surface area contributed by atoms with Crippen LogP contribution >= 0.6 is 11.6 Å². The number of aliphatic hydroxyl groups is 1. The summed E-state index contributed by atoms with van der Waals surface area (Å²) in [5.41, 5.74) is 0.777. The molecule has 1 saturated heterocycles. The van der Waals surface area contributed by atoms with E-state index in [0.717, 1.165) is 5.69 Å². The molecule has 1 amide bonds. The lowest BCUT2D eigenvalue weighted by molar-refractivity contribution is -0.128. The molecule has 1 atom stereocenters. The molecule has 4 nitrogen and oxygen atoms in total. The molecule has 1 aromatic rings. The maximum Gasteiger partial charge on any atom is 0.223 e. The van der Waals surface area contributed by atoms with Crippen LogP contribution < -0.4 is 0 Å². The van der Waals surface area contributed by atoms with E-state index in [9.17, 15) is 4.79 Å². The fourth-order valence-electron chi connectivity index (χ4n) is 1.86. The highest BCUT2D eigenvalue weighted by Crippen LogP contribution is 2.19. The Morgan fingerprint density at radius 1 is 1.56 bits per heavy atom. The van der Waals surface area contributed by atoms with Crippen LogP contribution in [0.2, 0.25) is 5.15 Å². The number of amides is 1. The van der Waals surface area contributed by atoms with Gasteiger partial charge >= 0.3 is 0 Å². The molecule has 0 saturated carbocycles. The molecule has 0 radical (unpaired) electrons. The number of nitrogens with zero attached hydrogens (tertiary/aromatic N) is 2. The van der Waals surface area contributed by atoms with Crippen LogP contribution in [0.3, 0.4) is 0 Å². The van der Waals surface area contributed by atoms with E-state index >= 15 is 0 Å². The first-order valence-electron chi connectivity index (χ1n) is 5.19. The molecule has 0 spiro atoms. The summed E-state index contributed by atoms with van der Waals surface area (Å²) in [7, 11) is 0. The van der Waals surface area contributed by atoms with Crippen LogP contribution in [0.4, 0.5) is 0 Å². The summed E-state index contributed by atoms with van der Waals surface area (Å²) < 4.78 is 0. The smallest absolute Gasteiger partial charge is 0.223 e. The van der Waals surface area contributed by atoms with Gasteiger partial charge in [-0.05, 0) is 12.1 Å². The third-order valence-corrected chi connectivity index (χ3v) is 2.89. The summed E-state index contributed by atoms with van der Waals surface area (Å²) >= 11 is 5.77. The van der Waals surface area contributed by atoms with E-state index in [0.29, 0.717) is 24.7 Å². The highest BCUT2D eigenvalue weighted by Gasteiger charge is 2.28. The Hall–Kier alpha value is -1.13. The molecule has 0 aromatic carbocycles. The van der Waals surface area contributed by atoms with Gasteiger partial charge < -0.3 is 10.0 Å². The van der Waals surface area contributed by atoms with E-state index in [4.69, 9.17) is 16.7 Å². The molecule has 2 rings (SSSR count). The number of hydrogen-bond acceptors (Lipinski definition) is 3. The molecule has 16 heavy (non-hydrogen) atoms. The Balaban J connectivity index is 2.03. The lowest BCUT2D eigenvalue weighted by Gasteiger charge is -2.15. The van der Waals surface area contributed by atoms with Crippen molar-refractivity contribution in [2.45, 2.75) is 13.0 Å². The number of carbonyl (C=O) groups is 1. The monoisotopic (exact) mass is 240 g/mol. The Bertz CT molecular complexity index is 397. The summed E-state index contributed by atoms with van der Waals surface area (Å²) in [4.78, 5) is 17.4. The second-order valence-corrected chi connectivity index (χ2v) is 4.37. The van der Waals surface area contributed by atoms with Crippen LogP contribution in [-0.2, 0) is 11.3 Å². The molecule has 1 fully saturated rings. The normalized spacial score (nSPS) is 20.5. The van der Waals surface area contributed by atoms with E-state index < -0.39 is 0 Å². The van der Waals surface area contributed by atoms with Gasteiger partial charge in [-0.2, -0.15) is 0 Å². The van der Waals surface area contributed by atoms with Crippen LogP contribution in [0, 0.1) is 5.92 Å². The van der Waals surface area contributed by atoms with Crippen molar-refractivity contribution in [1.29, 1.82) is 0 Å². The molecule has 1 aliphatic rings. The van der Waals surface area contributed by atoms with Crippen LogP contribution in [0.5, 0.6) is 0 Å². The van der Waals surface area contributed by atoms with Crippen molar-refractivity contribution in [3.8, 4) is 0 Å². The number of pyridine rings is 1. The molecule has 0 bridgehead atoms. The van der Waals surface area contributed by atoms with Gasteiger partial charge in [0, 0.05) is 25.5 Å². The predicted octanol–water partition coefficient (Wildman–Crippen LogP) is 1.08. The zero-order valence-corrected chi connectivity index (χ0v) is 9.52. The van der Waals surface area contributed by atoms with Gasteiger partial charge in [0.1, 0.15) is 5.15 Å². The van der Waals surface area contributed by atoms with Crippen molar-refractivity contribution in [3.05, 3.63) is 29.0 Å². The van der Waals surface area contributed by atoms with E-state index in [2.05, 4.69) is 4.98 Å². The summed E-state index contributed by atoms with van der Waals surface area (Å²) in [5.74, 6) is 0.132. The topological polar surface area (TPSA) is 53.4 Å². The lowest BCUT2D eigenvalue weighted by Crippen LogP contribution is -2.25. The molecule has 86 valence electrons. The van der Waals surface area contributed by atoms with Gasteiger partial charge in [0.15, 0.2) is 0 Å². The molecule has 1 unspecified atom stereocenters. The number of aromatic nitrogens is 1. The molecule has 0 aliphatic carbocycles. The van der Waals surface area contributed by atoms with Crippen molar-refractivity contribution in [3.63, 3.8) is 0 Å². The number of hydrogen-bond donors (Lipinski definition) is 1. The Labute approximate surface area is 98.9 Å². The van der Waals surface area contributed by atoms with Gasteiger partial charge in [-0.3, -0.25) is 4.79 Å². The largest absolute Gasteiger partial charge is 0.396 e. The quantitative estimate of drug-likeness (QED) is 0.805. The lowest BCUT2D eigenvalue weighted by atomic mass is 10.1. The second kappa shape index (κ2) is 4.80. The molecular formula is C11H13ClN2O2. The van der Waals surface area contributed by atoms with Crippen LogP contribution in [0.25, 0.3) is 0 Å². The summed E-state index contributed by atoms with van der Waals surface area (Å²) in [6.07, 6.45) is 0.428. The summed E-state index contributed by atoms with van der Waals surface area (Å²) in [5, 5.41) is 9.43. The van der Waals surface area contributed by atoms with Crippen LogP contribution in [-0.4, -0.2) is 34.0 Å². The average Bonchev–Trinajstić information content (AvgIpc) is 2.60. The first kappa shape index (κ1) is 11.4.